The van der Waals surface area contributed by atoms with Crippen molar-refractivity contribution >= 4 is 26.7 Å². The Morgan fingerprint density at radius 2 is 1.85 bits per heavy atom. The van der Waals surface area contributed by atoms with Crippen LogP contribution in [0.25, 0.3) is 22.2 Å². The van der Waals surface area contributed by atoms with E-state index in [2.05, 4.69) is 9.71 Å². The molecule has 0 atom stereocenters. The zero-order valence-corrected chi connectivity index (χ0v) is 19.0. The molecular formula is C24H21F2N3O4S. The first-order valence-corrected chi connectivity index (χ1v) is 12.4. The van der Waals surface area contributed by atoms with Gasteiger partial charge in [0.15, 0.2) is 11.6 Å². The van der Waals surface area contributed by atoms with Gasteiger partial charge in [-0.25, -0.2) is 26.9 Å². The van der Waals surface area contributed by atoms with E-state index in [9.17, 15) is 22.4 Å². The van der Waals surface area contributed by atoms with Crippen LogP contribution in [0.15, 0.2) is 54.7 Å². The maximum absolute atomic E-state index is 14.3. The average Bonchev–Trinajstić information content (AvgIpc) is 3.52. The van der Waals surface area contributed by atoms with Gasteiger partial charge in [0.25, 0.3) is 5.65 Å². The third kappa shape index (κ3) is 4.16. The number of sulfonamides is 1. The lowest BCUT2D eigenvalue weighted by Crippen LogP contribution is -2.32. The minimum atomic E-state index is -3.56. The molecule has 10 heteroatoms. The number of nitrogens with zero attached hydrogens (tertiary/aromatic N) is 1. The standard InChI is InChI=1S/C24H21F2N3O4S/c1-2-34(31,32)28-16-6-8-22(33-23-7-5-15(25)11-20(23)26)19(12-16)18-13-21(14-3-4-14)29(30)24-17(18)9-10-27-24/h5-14,27-28H,2-4H2,1H3. The van der Waals surface area contributed by atoms with E-state index < -0.39 is 21.7 Å². The molecular weight excluding hydrogens is 464 g/mol. The van der Waals surface area contributed by atoms with Crippen molar-refractivity contribution in [2.24, 2.45) is 0 Å². The number of H-pyrrole nitrogens is 1. The summed E-state index contributed by atoms with van der Waals surface area (Å²) in [6.45, 7) is 1.52. The van der Waals surface area contributed by atoms with Crippen molar-refractivity contribution in [2.45, 2.75) is 25.7 Å². The molecule has 1 saturated carbocycles. The molecule has 5 rings (SSSR count). The van der Waals surface area contributed by atoms with E-state index in [0.717, 1.165) is 29.7 Å². The van der Waals surface area contributed by atoms with Gasteiger partial charge in [0.2, 0.25) is 10.0 Å². The van der Waals surface area contributed by atoms with Crippen molar-refractivity contribution in [1.82, 2.24) is 4.98 Å². The van der Waals surface area contributed by atoms with Crippen molar-refractivity contribution in [3.63, 3.8) is 0 Å². The monoisotopic (exact) mass is 485 g/mol. The summed E-state index contributed by atoms with van der Waals surface area (Å²) >= 11 is 0. The Hall–Kier alpha value is -3.66. The number of anilines is 1. The molecule has 0 radical (unpaired) electrons. The number of ether oxygens (including phenoxy) is 1. The molecule has 34 heavy (non-hydrogen) atoms. The highest BCUT2D eigenvalue weighted by atomic mass is 32.2. The normalized spacial score (nSPS) is 13.9. The van der Waals surface area contributed by atoms with Gasteiger partial charge >= 0.3 is 0 Å². The fourth-order valence-corrected chi connectivity index (χ4v) is 4.50. The Labute approximate surface area is 194 Å². The second kappa shape index (κ2) is 8.28. The summed E-state index contributed by atoms with van der Waals surface area (Å²) in [6.07, 6.45) is 3.44. The lowest BCUT2D eigenvalue weighted by Gasteiger charge is -2.17. The molecule has 2 aromatic heterocycles. The lowest BCUT2D eigenvalue weighted by atomic mass is 10.00. The zero-order valence-electron chi connectivity index (χ0n) is 18.1. The lowest BCUT2D eigenvalue weighted by molar-refractivity contribution is -0.588. The quantitative estimate of drug-likeness (QED) is 0.278. The number of pyridine rings is 1. The molecule has 0 amide bonds. The van der Waals surface area contributed by atoms with Crippen LogP contribution in [-0.2, 0) is 10.0 Å². The van der Waals surface area contributed by atoms with E-state index in [-0.39, 0.29) is 23.2 Å². The Bertz CT molecular complexity index is 1510. The molecule has 2 aromatic carbocycles. The SMILES string of the molecule is CCS(=O)(=O)Nc1ccc(Oc2ccc(F)cc2F)c(-c2cc(C3CC3)[n+]([O-])c3[nH]ccc23)c1. The minimum Gasteiger partial charge on any atom is -0.710 e. The largest absolute Gasteiger partial charge is 0.710 e. The summed E-state index contributed by atoms with van der Waals surface area (Å²) in [5.74, 6) is -1.57. The van der Waals surface area contributed by atoms with Crippen LogP contribution in [0.5, 0.6) is 11.5 Å². The van der Waals surface area contributed by atoms with Gasteiger partial charge in [-0.05, 0) is 62.2 Å². The molecule has 1 fully saturated rings. The molecule has 0 spiro atoms. The number of rotatable bonds is 7. The number of aromatic amines is 1. The van der Waals surface area contributed by atoms with Crippen LogP contribution >= 0.6 is 0 Å². The van der Waals surface area contributed by atoms with E-state index in [1.807, 2.05) is 0 Å². The van der Waals surface area contributed by atoms with Crippen LogP contribution in [0.4, 0.5) is 14.5 Å². The van der Waals surface area contributed by atoms with Gasteiger partial charge < -0.3 is 9.94 Å². The van der Waals surface area contributed by atoms with Gasteiger partial charge in [-0.2, -0.15) is 0 Å². The Kier molecular flexibility index (Phi) is 5.40. The summed E-state index contributed by atoms with van der Waals surface area (Å²) in [5, 5.41) is 13.5. The smallest absolute Gasteiger partial charge is 0.290 e. The van der Waals surface area contributed by atoms with Crippen LogP contribution in [0.3, 0.4) is 0 Å². The average molecular weight is 486 g/mol. The number of hydrogen-bond acceptors (Lipinski definition) is 4. The fraction of sp³-hybridized carbons (Fsp3) is 0.208. The van der Waals surface area contributed by atoms with Crippen LogP contribution < -0.4 is 14.2 Å². The topological polar surface area (TPSA) is 98.1 Å². The van der Waals surface area contributed by atoms with Crippen LogP contribution in [0, 0.1) is 16.8 Å². The van der Waals surface area contributed by atoms with Gasteiger partial charge in [0.1, 0.15) is 17.3 Å². The van der Waals surface area contributed by atoms with Crippen molar-refractivity contribution in [1.29, 1.82) is 0 Å². The summed E-state index contributed by atoms with van der Waals surface area (Å²) in [5.41, 5.74) is 2.31. The molecule has 0 saturated heterocycles. The maximum Gasteiger partial charge on any atom is 0.290 e. The van der Waals surface area contributed by atoms with Gasteiger partial charge in [-0.3, -0.25) is 4.72 Å². The molecule has 7 nitrogen and oxygen atoms in total. The molecule has 2 N–H and O–H groups in total. The van der Waals surface area contributed by atoms with Gasteiger partial charge in [0, 0.05) is 28.8 Å². The molecule has 2 heterocycles. The Morgan fingerprint density at radius 3 is 2.56 bits per heavy atom. The van der Waals surface area contributed by atoms with Crippen molar-refractivity contribution in [2.75, 3.05) is 10.5 Å². The first-order valence-electron chi connectivity index (χ1n) is 10.8. The van der Waals surface area contributed by atoms with Crippen LogP contribution in [0.1, 0.15) is 31.4 Å². The third-order valence-corrected chi connectivity index (χ3v) is 7.08. The summed E-state index contributed by atoms with van der Waals surface area (Å²) < 4.78 is 61.2. The summed E-state index contributed by atoms with van der Waals surface area (Å²) in [4.78, 5) is 2.96. The van der Waals surface area contributed by atoms with Crippen molar-refractivity contribution in [3.05, 3.63) is 77.3 Å². The zero-order chi connectivity index (χ0) is 24.0. The number of halogens is 2. The van der Waals surface area contributed by atoms with Gasteiger partial charge in [0.05, 0.1) is 17.3 Å². The first-order chi connectivity index (χ1) is 16.3. The predicted octanol–water partition coefficient (Wildman–Crippen LogP) is 5.18. The highest BCUT2D eigenvalue weighted by molar-refractivity contribution is 7.92. The number of nitrogens with one attached hydrogen (secondary N) is 2. The molecule has 1 aliphatic carbocycles. The van der Waals surface area contributed by atoms with E-state index in [1.165, 1.54) is 25.1 Å². The Morgan fingerprint density at radius 1 is 1.09 bits per heavy atom. The minimum absolute atomic E-state index is 0.114. The third-order valence-electron chi connectivity index (χ3n) is 5.78. The first kappa shape index (κ1) is 22.1. The molecule has 1 aliphatic rings. The van der Waals surface area contributed by atoms with E-state index in [0.29, 0.717) is 33.5 Å². The number of benzene rings is 2. The highest BCUT2D eigenvalue weighted by Crippen LogP contribution is 2.44. The number of aromatic nitrogens is 2. The van der Waals surface area contributed by atoms with Gasteiger partial charge in [-0.1, -0.05) is 0 Å². The van der Waals surface area contributed by atoms with E-state index in [4.69, 9.17) is 4.74 Å². The molecule has 176 valence electrons. The Balaban J connectivity index is 1.70. The summed E-state index contributed by atoms with van der Waals surface area (Å²) in [7, 11) is -3.56. The van der Waals surface area contributed by atoms with Crippen LogP contribution in [0.2, 0.25) is 0 Å². The highest BCUT2D eigenvalue weighted by Gasteiger charge is 2.31. The second-order valence-electron chi connectivity index (χ2n) is 8.18. The van der Waals surface area contributed by atoms with Crippen molar-refractivity contribution < 1.29 is 26.7 Å². The number of hydrogen-bond donors (Lipinski definition) is 2. The molecule has 0 bridgehead atoms. The molecule has 0 unspecified atom stereocenters. The maximum atomic E-state index is 14.3. The van der Waals surface area contributed by atoms with E-state index in [1.54, 1.807) is 24.4 Å². The predicted molar refractivity (Wildman–Crippen MR) is 124 cm³/mol. The molecule has 4 aromatic rings. The van der Waals surface area contributed by atoms with E-state index >= 15 is 0 Å². The van der Waals surface area contributed by atoms with Gasteiger partial charge in [-0.15, -0.1) is 0 Å². The second-order valence-corrected chi connectivity index (χ2v) is 10.2. The summed E-state index contributed by atoms with van der Waals surface area (Å²) in [6, 6.07) is 11.1. The van der Waals surface area contributed by atoms with Crippen LogP contribution in [-0.4, -0.2) is 19.2 Å². The van der Waals surface area contributed by atoms with Crippen molar-refractivity contribution in [3.8, 4) is 22.6 Å². The number of fused-ring (bicyclic) bond motifs is 1. The molecule has 0 aliphatic heterocycles. The fourth-order valence-electron chi connectivity index (χ4n) is 3.87.